The largest absolute Gasteiger partial charge is 0.406 e. The van der Waals surface area contributed by atoms with Crippen molar-refractivity contribution in [3.63, 3.8) is 0 Å². The smallest absolute Gasteiger partial charge is 0.394 e. The van der Waals surface area contributed by atoms with Crippen LogP contribution in [-0.2, 0) is 17.7 Å². The molecule has 2 rings (SSSR count). The van der Waals surface area contributed by atoms with Gasteiger partial charge in [-0.25, -0.2) is 0 Å². The van der Waals surface area contributed by atoms with Gasteiger partial charge < -0.3 is 17.7 Å². The Labute approximate surface area is 198 Å². The van der Waals surface area contributed by atoms with Crippen molar-refractivity contribution in [1.82, 2.24) is 0 Å². The van der Waals surface area contributed by atoms with Gasteiger partial charge in [-0.1, -0.05) is 101 Å². The highest BCUT2D eigenvalue weighted by Gasteiger charge is 2.40. The summed E-state index contributed by atoms with van der Waals surface area (Å²) in [6.45, 7) is 10.5. The fourth-order valence-corrected chi connectivity index (χ4v) is 10.1. The summed E-state index contributed by atoms with van der Waals surface area (Å²) in [5.74, 6) is 0. The Hall–Kier alpha value is -1.29. The minimum atomic E-state index is -2.50. The van der Waals surface area contributed by atoms with Crippen LogP contribution in [0.15, 0.2) is 60.7 Å². The van der Waals surface area contributed by atoms with Crippen molar-refractivity contribution in [3.05, 3.63) is 60.7 Å². The van der Waals surface area contributed by atoms with E-state index in [0.717, 1.165) is 48.5 Å². The van der Waals surface area contributed by atoms with E-state index in [-0.39, 0.29) is 0 Å². The molecular formula is C26H44O4Si2. The lowest BCUT2D eigenvalue weighted by atomic mass is 10.4. The van der Waals surface area contributed by atoms with Crippen LogP contribution < -0.4 is 10.4 Å². The zero-order valence-corrected chi connectivity index (χ0v) is 23.1. The van der Waals surface area contributed by atoms with E-state index in [0.29, 0.717) is 0 Å². The lowest BCUT2D eigenvalue weighted by molar-refractivity contribution is 0.166. The first-order valence-corrected chi connectivity index (χ1v) is 16.1. The van der Waals surface area contributed by atoms with E-state index >= 15 is 0 Å². The maximum absolute atomic E-state index is 6.08. The molecule has 0 amide bonds. The average molecular weight is 477 g/mol. The highest BCUT2D eigenvalue weighted by Crippen LogP contribution is 2.23. The fraction of sp³-hybridized carbons (Fsp3) is 0.538. The Bertz CT molecular complexity index is 636. The molecule has 0 radical (unpaired) electrons. The van der Waals surface area contributed by atoms with Crippen LogP contribution in [0.1, 0.15) is 53.4 Å². The van der Waals surface area contributed by atoms with Crippen LogP contribution in [0.5, 0.6) is 0 Å². The summed E-state index contributed by atoms with van der Waals surface area (Å²) in [6.07, 6.45) is 4.55. The monoisotopic (exact) mass is 476 g/mol. The van der Waals surface area contributed by atoms with E-state index in [1.54, 1.807) is 14.2 Å². The van der Waals surface area contributed by atoms with Gasteiger partial charge in [-0.15, -0.1) is 0 Å². The van der Waals surface area contributed by atoms with E-state index in [9.17, 15) is 0 Å². The number of rotatable bonds is 14. The molecule has 0 aliphatic carbocycles. The van der Waals surface area contributed by atoms with Gasteiger partial charge in [0.05, 0.1) is 0 Å². The fourth-order valence-electron chi connectivity index (χ4n) is 3.83. The number of hydrogen-bond acceptors (Lipinski definition) is 4. The third-order valence-corrected chi connectivity index (χ3v) is 12.6. The predicted molar refractivity (Wildman–Crippen MR) is 140 cm³/mol. The van der Waals surface area contributed by atoms with Gasteiger partial charge in [0.15, 0.2) is 0 Å². The van der Waals surface area contributed by atoms with E-state index < -0.39 is 17.1 Å². The highest BCUT2D eigenvalue weighted by atomic mass is 28.4. The molecule has 0 unspecified atom stereocenters. The van der Waals surface area contributed by atoms with Crippen molar-refractivity contribution in [2.24, 2.45) is 0 Å². The normalized spacial score (nSPS) is 11.7. The second-order valence-corrected chi connectivity index (χ2v) is 14.5. The molecule has 32 heavy (non-hydrogen) atoms. The second kappa shape index (κ2) is 16.3. The van der Waals surface area contributed by atoms with Crippen LogP contribution in [0.4, 0.5) is 0 Å². The summed E-state index contributed by atoms with van der Waals surface area (Å²) in [6, 6.07) is 22.6. The van der Waals surface area contributed by atoms with E-state index in [4.69, 9.17) is 17.7 Å². The van der Waals surface area contributed by atoms with E-state index in [1.807, 2.05) is 36.4 Å². The highest BCUT2D eigenvalue weighted by molar-refractivity contribution is 6.92. The maximum atomic E-state index is 6.08. The molecule has 0 saturated carbocycles. The molecule has 0 heterocycles. The van der Waals surface area contributed by atoms with Gasteiger partial charge in [-0.3, -0.25) is 0 Å². The minimum absolute atomic E-state index is 0.871. The van der Waals surface area contributed by atoms with Crippen molar-refractivity contribution in [2.45, 2.75) is 65.5 Å². The quantitative estimate of drug-likeness (QED) is 0.331. The van der Waals surface area contributed by atoms with Crippen LogP contribution in [0.3, 0.4) is 0 Å². The third kappa shape index (κ3) is 8.57. The van der Waals surface area contributed by atoms with Gasteiger partial charge in [0.25, 0.3) is 0 Å². The van der Waals surface area contributed by atoms with E-state index in [2.05, 4.69) is 52.0 Å². The molecule has 0 aromatic heterocycles. The Morgan fingerprint density at radius 2 is 0.938 bits per heavy atom. The van der Waals surface area contributed by atoms with Crippen LogP contribution in [-0.4, -0.2) is 44.6 Å². The first-order valence-electron chi connectivity index (χ1n) is 12.1. The molecule has 0 fully saturated rings. The first-order chi connectivity index (χ1) is 15.6. The SMILES string of the molecule is CCCO[Si](CCC)(CCC)OCCC.CO[Si](OC)(c1ccccc1)c1ccccc1. The summed E-state index contributed by atoms with van der Waals surface area (Å²) < 4.78 is 23.7. The standard InChI is InChI=1S/C14H16O2Si.C12H28O2Si/c1-15-17(16-2,13-9-5-3-6-10-13)14-11-7-4-8-12-14;1-5-9-13-15(11-7-3,12-8-4)14-10-6-2/h3-12H,1-2H3;5-12H2,1-4H3. The zero-order valence-electron chi connectivity index (χ0n) is 21.1. The molecule has 0 saturated heterocycles. The van der Waals surface area contributed by atoms with Crippen LogP contribution in [0.25, 0.3) is 0 Å². The van der Waals surface area contributed by atoms with Gasteiger partial charge in [-0.2, -0.15) is 0 Å². The summed E-state index contributed by atoms with van der Waals surface area (Å²) in [5, 5.41) is 2.24. The summed E-state index contributed by atoms with van der Waals surface area (Å²) in [7, 11) is -0.897. The second-order valence-electron chi connectivity index (χ2n) is 7.86. The van der Waals surface area contributed by atoms with Crippen molar-refractivity contribution in [2.75, 3.05) is 27.4 Å². The first kappa shape index (κ1) is 28.7. The Morgan fingerprint density at radius 1 is 0.562 bits per heavy atom. The number of benzene rings is 2. The van der Waals surface area contributed by atoms with Gasteiger partial charge >= 0.3 is 17.1 Å². The van der Waals surface area contributed by atoms with Crippen molar-refractivity contribution in [3.8, 4) is 0 Å². The zero-order chi connectivity index (χ0) is 23.7. The molecular weight excluding hydrogens is 432 g/mol. The maximum Gasteiger partial charge on any atom is 0.406 e. The topological polar surface area (TPSA) is 36.9 Å². The average Bonchev–Trinajstić information content (AvgIpc) is 2.85. The van der Waals surface area contributed by atoms with Crippen LogP contribution in [0.2, 0.25) is 12.1 Å². The van der Waals surface area contributed by atoms with Crippen molar-refractivity contribution in [1.29, 1.82) is 0 Å². The summed E-state index contributed by atoms with van der Waals surface area (Å²) >= 11 is 0. The molecule has 0 bridgehead atoms. The molecule has 0 aliphatic heterocycles. The van der Waals surface area contributed by atoms with Gasteiger partial charge in [0.1, 0.15) is 0 Å². The Kier molecular flexibility index (Phi) is 14.7. The summed E-state index contributed by atoms with van der Waals surface area (Å²) in [4.78, 5) is 0. The molecule has 180 valence electrons. The van der Waals surface area contributed by atoms with Crippen LogP contribution >= 0.6 is 0 Å². The number of hydrogen-bond donors (Lipinski definition) is 0. The molecule has 4 nitrogen and oxygen atoms in total. The lowest BCUT2D eigenvalue weighted by Gasteiger charge is -2.30. The molecule has 6 heteroatoms. The molecule has 0 N–H and O–H groups in total. The molecule has 2 aromatic rings. The molecule has 2 aromatic carbocycles. The summed E-state index contributed by atoms with van der Waals surface area (Å²) in [5.41, 5.74) is 0. The van der Waals surface area contributed by atoms with Gasteiger partial charge in [-0.05, 0) is 35.3 Å². The Balaban J connectivity index is 0.000000324. The van der Waals surface area contributed by atoms with Crippen molar-refractivity contribution >= 4 is 27.5 Å². The molecule has 0 aliphatic rings. The van der Waals surface area contributed by atoms with Crippen molar-refractivity contribution < 1.29 is 17.7 Å². The Morgan fingerprint density at radius 3 is 1.22 bits per heavy atom. The minimum Gasteiger partial charge on any atom is -0.394 e. The molecule has 0 atom stereocenters. The lowest BCUT2D eigenvalue weighted by Crippen LogP contribution is -2.62. The van der Waals surface area contributed by atoms with Crippen LogP contribution in [0, 0.1) is 0 Å². The third-order valence-electron chi connectivity index (χ3n) is 5.28. The van der Waals surface area contributed by atoms with E-state index in [1.165, 1.54) is 12.8 Å². The van der Waals surface area contributed by atoms with Gasteiger partial charge in [0, 0.05) is 27.4 Å². The van der Waals surface area contributed by atoms with Gasteiger partial charge in [0.2, 0.25) is 0 Å². The molecule has 0 spiro atoms. The predicted octanol–water partition coefficient (Wildman–Crippen LogP) is 5.64.